The van der Waals surface area contributed by atoms with Crippen molar-refractivity contribution in [2.24, 2.45) is 0 Å². The minimum Gasteiger partial charge on any atom is -0.481 e. The summed E-state index contributed by atoms with van der Waals surface area (Å²) in [6, 6.07) is -0.120. The number of carboxylic acids is 1. The molecule has 5 nitrogen and oxygen atoms in total. The van der Waals surface area contributed by atoms with Crippen molar-refractivity contribution in [2.45, 2.75) is 59.0 Å². The van der Waals surface area contributed by atoms with Crippen molar-refractivity contribution in [3.05, 3.63) is 0 Å². The van der Waals surface area contributed by atoms with E-state index in [0.717, 1.165) is 6.42 Å². The predicted molar refractivity (Wildman–Crippen MR) is 71.6 cm³/mol. The Morgan fingerprint density at radius 1 is 1.28 bits per heavy atom. The molecule has 0 heterocycles. The van der Waals surface area contributed by atoms with E-state index < -0.39 is 5.97 Å². The number of carbonyl (C=O) groups is 2. The smallest absolute Gasteiger partial charge is 0.320 e. The van der Waals surface area contributed by atoms with Gasteiger partial charge in [0.05, 0.1) is 6.42 Å². The van der Waals surface area contributed by atoms with Gasteiger partial charge in [-0.25, -0.2) is 4.79 Å². The number of amides is 2. The quantitative estimate of drug-likeness (QED) is 0.796. The lowest BCUT2D eigenvalue weighted by atomic mass is 10.0. The molecule has 0 aromatic heterocycles. The molecule has 0 aromatic rings. The number of aliphatic carboxylic acids is 1. The first-order valence-electron chi connectivity index (χ1n) is 6.39. The molecular formula is C13H26N2O3. The summed E-state index contributed by atoms with van der Waals surface area (Å²) >= 11 is 0. The number of nitrogens with zero attached hydrogens (tertiary/aromatic N) is 2. The summed E-state index contributed by atoms with van der Waals surface area (Å²) in [5.74, 6) is -0.883. The summed E-state index contributed by atoms with van der Waals surface area (Å²) in [5.41, 5.74) is -0.229. The highest BCUT2D eigenvalue weighted by atomic mass is 16.4. The molecule has 18 heavy (non-hydrogen) atoms. The van der Waals surface area contributed by atoms with E-state index in [1.54, 1.807) is 16.8 Å². The average Bonchev–Trinajstić information content (AvgIpc) is 2.27. The lowest BCUT2D eigenvalue weighted by molar-refractivity contribution is -0.137. The molecule has 0 saturated carbocycles. The fourth-order valence-electron chi connectivity index (χ4n) is 1.48. The van der Waals surface area contributed by atoms with Crippen molar-refractivity contribution in [3.63, 3.8) is 0 Å². The van der Waals surface area contributed by atoms with Gasteiger partial charge in [0.15, 0.2) is 0 Å². The van der Waals surface area contributed by atoms with E-state index in [2.05, 4.69) is 0 Å². The van der Waals surface area contributed by atoms with Crippen molar-refractivity contribution >= 4 is 12.0 Å². The van der Waals surface area contributed by atoms with Crippen LogP contribution < -0.4 is 0 Å². The summed E-state index contributed by atoms with van der Waals surface area (Å²) < 4.78 is 0. The zero-order valence-electron chi connectivity index (χ0n) is 12.4. The topological polar surface area (TPSA) is 60.9 Å². The molecule has 0 fully saturated rings. The molecule has 0 aliphatic rings. The maximum atomic E-state index is 12.4. The predicted octanol–water partition coefficient (Wildman–Crippen LogP) is 2.41. The van der Waals surface area contributed by atoms with Crippen molar-refractivity contribution in [1.29, 1.82) is 0 Å². The number of hydrogen-bond acceptors (Lipinski definition) is 2. The van der Waals surface area contributed by atoms with E-state index in [9.17, 15) is 9.59 Å². The first-order valence-corrected chi connectivity index (χ1v) is 6.39. The van der Waals surface area contributed by atoms with Gasteiger partial charge in [0.1, 0.15) is 0 Å². The van der Waals surface area contributed by atoms with Crippen molar-refractivity contribution < 1.29 is 14.7 Å². The van der Waals surface area contributed by atoms with E-state index in [-0.39, 0.29) is 30.6 Å². The first-order chi connectivity index (χ1) is 8.13. The standard InChI is InChI=1S/C13H26N2O3/c1-7-13(4,5)14(6)12(18)15(10(2)3)9-8-11(16)17/h10H,7-9H2,1-6H3,(H,16,17). The number of rotatable bonds is 6. The monoisotopic (exact) mass is 258 g/mol. The van der Waals surface area contributed by atoms with Crippen LogP contribution in [0.3, 0.4) is 0 Å². The SMILES string of the molecule is CCC(C)(C)N(C)C(=O)N(CCC(=O)O)C(C)C. The maximum Gasteiger partial charge on any atom is 0.320 e. The molecule has 106 valence electrons. The van der Waals surface area contributed by atoms with Crippen molar-refractivity contribution in [3.8, 4) is 0 Å². The van der Waals surface area contributed by atoms with Gasteiger partial charge in [0, 0.05) is 25.2 Å². The largest absolute Gasteiger partial charge is 0.481 e. The number of urea groups is 1. The lowest BCUT2D eigenvalue weighted by Crippen LogP contribution is -2.53. The minimum absolute atomic E-state index is 0.00745. The molecule has 0 atom stereocenters. The zero-order valence-corrected chi connectivity index (χ0v) is 12.4. The van der Waals surface area contributed by atoms with Crippen LogP contribution in [0.25, 0.3) is 0 Å². The number of carbonyl (C=O) groups excluding carboxylic acids is 1. The average molecular weight is 258 g/mol. The molecule has 0 saturated heterocycles. The normalized spacial score (nSPS) is 11.5. The van der Waals surface area contributed by atoms with E-state index in [4.69, 9.17) is 5.11 Å². The Kier molecular flexibility index (Phi) is 6.15. The molecule has 5 heteroatoms. The van der Waals surface area contributed by atoms with Crippen LogP contribution in [-0.4, -0.2) is 52.1 Å². The van der Waals surface area contributed by atoms with Gasteiger partial charge in [-0.2, -0.15) is 0 Å². The molecule has 0 aromatic carbocycles. The van der Waals surface area contributed by atoms with Gasteiger partial charge >= 0.3 is 12.0 Å². The van der Waals surface area contributed by atoms with Crippen LogP contribution in [0, 0.1) is 0 Å². The van der Waals surface area contributed by atoms with E-state index in [1.807, 2.05) is 34.6 Å². The Morgan fingerprint density at radius 2 is 1.78 bits per heavy atom. The summed E-state index contributed by atoms with van der Waals surface area (Å²) in [7, 11) is 1.77. The van der Waals surface area contributed by atoms with Crippen LogP contribution in [-0.2, 0) is 4.79 Å². The maximum absolute atomic E-state index is 12.4. The van der Waals surface area contributed by atoms with Gasteiger partial charge in [-0.3, -0.25) is 4.79 Å². The number of carboxylic acid groups (broad SMARTS) is 1. The molecule has 0 spiro atoms. The van der Waals surface area contributed by atoms with Crippen LogP contribution in [0.15, 0.2) is 0 Å². The third kappa shape index (κ3) is 4.55. The Labute approximate surface area is 110 Å². The van der Waals surface area contributed by atoms with Gasteiger partial charge < -0.3 is 14.9 Å². The highest BCUT2D eigenvalue weighted by Crippen LogP contribution is 2.19. The van der Waals surface area contributed by atoms with Gasteiger partial charge in [0.25, 0.3) is 0 Å². The first kappa shape index (κ1) is 16.7. The van der Waals surface area contributed by atoms with Gasteiger partial charge in [-0.15, -0.1) is 0 Å². The highest BCUT2D eigenvalue weighted by Gasteiger charge is 2.30. The second kappa shape index (κ2) is 6.61. The van der Waals surface area contributed by atoms with E-state index in [1.165, 1.54) is 0 Å². The Bertz CT molecular complexity index is 301. The van der Waals surface area contributed by atoms with E-state index in [0.29, 0.717) is 0 Å². The molecule has 0 radical (unpaired) electrons. The van der Waals surface area contributed by atoms with Crippen LogP contribution in [0.1, 0.15) is 47.5 Å². The third-order valence-corrected chi connectivity index (χ3v) is 3.50. The molecule has 0 aliphatic carbocycles. The number of hydrogen-bond donors (Lipinski definition) is 1. The molecule has 2 amide bonds. The highest BCUT2D eigenvalue weighted by molar-refractivity contribution is 5.76. The van der Waals surface area contributed by atoms with Crippen molar-refractivity contribution in [2.75, 3.05) is 13.6 Å². The van der Waals surface area contributed by atoms with Crippen LogP contribution in [0.4, 0.5) is 4.79 Å². The molecule has 0 unspecified atom stereocenters. The second-order valence-electron chi connectivity index (χ2n) is 5.44. The van der Waals surface area contributed by atoms with Crippen molar-refractivity contribution in [1.82, 2.24) is 9.80 Å². The Hall–Kier alpha value is -1.26. The fourth-order valence-corrected chi connectivity index (χ4v) is 1.48. The van der Waals surface area contributed by atoms with E-state index >= 15 is 0 Å². The molecule has 0 bridgehead atoms. The second-order valence-corrected chi connectivity index (χ2v) is 5.44. The van der Waals surface area contributed by atoms with Crippen LogP contribution in [0.5, 0.6) is 0 Å². The Balaban J connectivity index is 4.81. The molecule has 0 rings (SSSR count). The zero-order chi connectivity index (χ0) is 14.5. The Morgan fingerprint density at radius 3 is 2.11 bits per heavy atom. The molecule has 1 N–H and O–H groups in total. The third-order valence-electron chi connectivity index (χ3n) is 3.50. The molecule has 0 aliphatic heterocycles. The minimum atomic E-state index is -0.883. The molecular weight excluding hydrogens is 232 g/mol. The van der Waals surface area contributed by atoms with Crippen LogP contribution in [0.2, 0.25) is 0 Å². The van der Waals surface area contributed by atoms with Gasteiger partial charge in [-0.1, -0.05) is 6.92 Å². The fraction of sp³-hybridized carbons (Fsp3) is 0.846. The summed E-state index contributed by atoms with van der Waals surface area (Å²) in [6.07, 6.45) is 0.824. The summed E-state index contributed by atoms with van der Waals surface area (Å²) in [6.45, 7) is 10.1. The summed E-state index contributed by atoms with van der Waals surface area (Å²) in [5, 5.41) is 8.72. The lowest BCUT2D eigenvalue weighted by Gasteiger charge is -2.39. The summed E-state index contributed by atoms with van der Waals surface area (Å²) in [4.78, 5) is 26.3. The van der Waals surface area contributed by atoms with Crippen LogP contribution >= 0.6 is 0 Å². The van der Waals surface area contributed by atoms with Gasteiger partial charge in [0.2, 0.25) is 0 Å². The van der Waals surface area contributed by atoms with Gasteiger partial charge in [-0.05, 0) is 34.1 Å².